The molecule has 2 N–H and O–H groups in total. The monoisotopic (exact) mass is 494 g/mol. The predicted octanol–water partition coefficient (Wildman–Crippen LogP) is 5.01. The first-order valence-electron chi connectivity index (χ1n) is 13.6. The summed E-state index contributed by atoms with van der Waals surface area (Å²) in [5.41, 5.74) is -2.40. The van der Waals surface area contributed by atoms with Gasteiger partial charge in [-0.3, -0.25) is 9.59 Å². The topological polar surface area (TPSA) is 81.1 Å². The summed E-state index contributed by atoms with van der Waals surface area (Å²) in [7, 11) is 0. The van der Waals surface area contributed by atoms with Gasteiger partial charge in [0.2, 0.25) is 11.8 Å². The van der Waals surface area contributed by atoms with Crippen molar-refractivity contribution in [2.45, 2.75) is 138 Å². The van der Waals surface area contributed by atoms with Crippen LogP contribution in [0.2, 0.25) is 0 Å². The maximum Gasteiger partial charge on any atom is 0.229 e. The quantitative estimate of drug-likeness (QED) is 0.423. The lowest BCUT2D eigenvalue weighted by molar-refractivity contribution is -0.157. The van der Waals surface area contributed by atoms with Crippen molar-refractivity contribution < 1.29 is 19.8 Å². The molecule has 2 aliphatic rings. The highest BCUT2D eigenvalue weighted by atomic mass is 16.3. The van der Waals surface area contributed by atoms with Crippen LogP contribution in [0.25, 0.3) is 0 Å². The number of nitrogens with zero attached hydrogens (tertiary/aromatic N) is 2. The Morgan fingerprint density at radius 2 is 1.26 bits per heavy atom. The van der Waals surface area contributed by atoms with Gasteiger partial charge in [-0.2, -0.15) is 0 Å². The number of hydrogen-bond acceptors (Lipinski definition) is 4. The van der Waals surface area contributed by atoms with Crippen molar-refractivity contribution in [1.82, 2.24) is 9.80 Å². The highest BCUT2D eigenvalue weighted by molar-refractivity contribution is 5.84. The Kier molecular flexibility index (Phi) is 8.56. The average molecular weight is 495 g/mol. The van der Waals surface area contributed by atoms with Crippen LogP contribution in [-0.4, -0.2) is 68.7 Å². The third kappa shape index (κ3) is 6.41. The zero-order valence-electron chi connectivity index (χ0n) is 24.5. The molecule has 0 bridgehead atoms. The van der Waals surface area contributed by atoms with E-state index in [9.17, 15) is 19.8 Å². The van der Waals surface area contributed by atoms with Crippen molar-refractivity contribution in [3.05, 3.63) is 0 Å². The summed E-state index contributed by atoms with van der Waals surface area (Å²) < 4.78 is 0. The SMILES string of the molecule is CC(C)(C)C(=O)N(C1CC1)[C@@H](CO)C(C)(C)CCC(C)(C)C(=O)N(C1CC1)C(C)(CO)C(C)(C)C. The fraction of sp³-hybridized carbons (Fsp3) is 0.931. The summed E-state index contributed by atoms with van der Waals surface area (Å²) >= 11 is 0. The number of carbonyl (C=O) groups is 2. The van der Waals surface area contributed by atoms with Crippen LogP contribution in [0.1, 0.15) is 115 Å². The van der Waals surface area contributed by atoms with E-state index in [1.165, 1.54) is 0 Å². The molecule has 2 atom stereocenters. The van der Waals surface area contributed by atoms with Crippen LogP contribution in [0.4, 0.5) is 0 Å². The maximum absolute atomic E-state index is 14.0. The van der Waals surface area contributed by atoms with E-state index in [4.69, 9.17) is 0 Å². The highest BCUT2D eigenvalue weighted by Crippen LogP contribution is 2.46. The zero-order valence-corrected chi connectivity index (χ0v) is 24.5. The Bertz CT molecular complexity index is 769. The number of aliphatic hydroxyl groups is 2. The molecule has 6 heteroatoms. The molecule has 2 rings (SSSR count). The zero-order chi connectivity index (χ0) is 27.2. The van der Waals surface area contributed by atoms with Crippen LogP contribution in [0.15, 0.2) is 0 Å². The second-order valence-electron chi connectivity index (χ2n) is 14.9. The molecule has 1 unspecified atom stereocenters. The van der Waals surface area contributed by atoms with Crippen molar-refractivity contribution in [2.75, 3.05) is 13.2 Å². The first-order valence-corrected chi connectivity index (χ1v) is 13.6. The van der Waals surface area contributed by atoms with Crippen LogP contribution >= 0.6 is 0 Å². The summed E-state index contributed by atoms with van der Waals surface area (Å²) in [6.45, 7) is 22.2. The molecule has 0 saturated heterocycles. The number of hydrogen-bond donors (Lipinski definition) is 2. The molecule has 2 aliphatic carbocycles. The van der Waals surface area contributed by atoms with Gasteiger partial charge in [0.15, 0.2) is 0 Å². The number of rotatable bonds is 11. The second-order valence-corrected chi connectivity index (χ2v) is 14.9. The third-order valence-electron chi connectivity index (χ3n) is 8.79. The van der Waals surface area contributed by atoms with E-state index in [2.05, 4.69) is 34.6 Å². The molecule has 0 aromatic carbocycles. The molecule has 0 aromatic rings. The van der Waals surface area contributed by atoms with Gasteiger partial charge in [0.05, 0.1) is 24.8 Å². The lowest BCUT2D eigenvalue weighted by atomic mass is 9.71. The highest BCUT2D eigenvalue weighted by Gasteiger charge is 2.53. The minimum absolute atomic E-state index is 0.0713. The molecule has 0 aliphatic heterocycles. The van der Waals surface area contributed by atoms with E-state index in [-0.39, 0.29) is 54.0 Å². The minimum atomic E-state index is -0.645. The third-order valence-corrected chi connectivity index (χ3v) is 8.79. The van der Waals surface area contributed by atoms with E-state index in [1.54, 1.807) is 0 Å². The molecule has 0 radical (unpaired) electrons. The Balaban J connectivity index is 2.26. The largest absolute Gasteiger partial charge is 0.394 e. The standard InChI is InChI=1S/C29H54N2O4/c1-25(2,3)23(34)30(20-12-13-20)22(18-32)27(7,8)16-17-28(9,10)24(35)31(21-14-15-21)29(11,19-33)26(4,5)6/h20-22,32-33H,12-19H2,1-11H3/t22-,29?/m0/s1. The summed E-state index contributed by atoms with van der Waals surface area (Å²) in [5, 5.41) is 20.9. The van der Waals surface area contributed by atoms with Crippen molar-refractivity contribution in [1.29, 1.82) is 0 Å². The lowest BCUT2D eigenvalue weighted by Gasteiger charge is -2.51. The van der Waals surface area contributed by atoms with Gasteiger partial charge in [-0.15, -0.1) is 0 Å². The summed E-state index contributed by atoms with van der Waals surface area (Å²) in [5.74, 6) is 0.180. The number of carbonyl (C=O) groups excluding carboxylic acids is 2. The van der Waals surface area contributed by atoms with Crippen LogP contribution in [0, 0.1) is 21.7 Å². The molecule has 2 amide bonds. The first kappa shape index (κ1) is 30.1. The predicted molar refractivity (Wildman–Crippen MR) is 142 cm³/mol. The van der Waals surface area contributed by atoms with Crippen LogP contribution < -0.4 is 0 Å². The van der Waals surface area contributed by atoms with Gasteiger partial charge >= 0.3 is 0 Å². The van der Waals surface area contributed by atoms with E-state index < -0.39 is 16.4 Å². The Hall–Kier alpha value is -1.14. The second kappa shape index (κ2) is 9.96. The molecule has 0 heterocycles. The molecule has 0 spiro atoms. The smallest absolute Gasteiger partial charge is 0.229 e. The Labute approximate surface area is 214 Å². The fourth-order valence-electron chi connectivity index (χ4n) is 5.05. The van der Waals surface area contributed by atoms with Crippen molar-refractivity contribution in [2.24, 2.45) is 21.7 Å². The van der Waals surface area contributed by atoms with E-state index in [0.717, 1.165) is 25.7 Å². The minimum Gasteiger partial charge on any atom is -0.394 e. The Morgan fingerprint density at radius 3 is 1.60 bits per heavy atom. The molecule has 35 heavy (non-hydrogen) atoms. The van der Waals surface area contributed by atoms with Crippen LogP contribution in [0.5, 0.6) is 0 Å². The van der Waals surface area contributed by atoms with Crippen LogP contribution in [0.3, 0.4) is 0 Å². The molecule has 0 aromatic heterocycles. The fourth-order valence-corrected chi connectivity index (χ4v) is 5.05. The first-order chi connectivity index (χ1) is 15.7. The van der Waals surface area contributed by atoms with Gasteiger partial charge in [-0.1, -0.05) is 69.2 Å². The number of aliphatic hydroxyl groups excluding tert-OH is 2. The molecule has 204 valence electrons. The van der Waals surface area contributed by atoms with Crippen molar-refractivity contribution >= 4 is 11.8 Å². The molecular weight excluding hydrogens is 440 g/mol. The molecule has 6 nitrogen and oxygen atoms in total. The van der Waals surface area contributed by atoms with Gasteiger partial charge in [-0.05, 0) is 56.3 Å². The average Bonchev–Trinajstić information content (AvgIpc) is 3.62. The van der Waals surface area contributed by atoms with Gasteiger partial charge in [0, 0.05) is 22.9 Å². The summed E-state index contributed by atoms with van der Waals surface area (Å²) in [4.78, 5) is 31.3. The Morgan fingerprint density at radius 1 is 0.771 bits per heavy atom. The van der Waals surface area contributed by atoms with E-state index in [0.29, 0.717) is 12.8 Å². The van der Waals surface area contributed by atoms with E-state index >= 15 is 0 Å². The molecule has 2 fully saturated rings. The van der Waals surface area contributed by atoms with Gasteiger partial charge < -0.3 is 20.0 Å². The van der Waals surface area contributed by atoms with Gasteiger partial charge in [0.25, 0.3) is 0 Å². The normalized spacial score (nSPS) is 20.3. The van der Waals surface area contributed by atoms with Crippen LogP contribution in [-0.2, 0) is 9.59 Å². The van der Waals surface area contributed by atoms with Gasteiger partial charge in [0.1, 0.15) is 0 Å². The maximum atomic E-state index is 14.0. The van der Waals surface area contributed by atoms with Crippen molar-refractivity contribution in [3.8, 4) is 0 Å². The lowest BCUT2D eigenvalue weighted by Crippen LogP contribution is -2.63. The molecule has 2 saturated carbocycles. The number of amides is 2. The summed E-state index contributed by atoms with van der Waals surface area (Å²) in [6, 6.07) is 0.103. The summed E-state index contributed by atoms with van der Waals surface area (Å²) in [6.07, 6.45) is 5.30. The molecular formula is C29H54N2O4. The van der Waals surface area contributed by atoms with Crippen molar-refractivity contribution in [3.63, 3.8) is 0 Å². The van der Waals surface area contributed by atoms with Gasteiger partial charge in [-0.25, -0.2) is 0 Å². The van der Waals surface area contributed by atoms with E-state index in [1.807, 2.05) is 51.3 Å².